The summed E-state index contributed by atoms with van der Waals surface area (Å²) in [6.45, 7) is 2.67. The molecule has 0 unspecified atom stereocenters. The zero-order valence-electron chi connectivity index (χ0n) is 15.1. The van der Waals surface area contributed by atoms with Crippen LogP contribution in [-0.4, -0.2) is 50.6 Å². The van der Waals surface area contributed by atoms with E-state index in [1.54, 1.807) is 6.07 Å². The number of sulfonamides is 1. The molecule has 2 rings (SSSR count). The summed E-state index contributed by atoms with van der Waals surface area (Å²) in [5.74, 6) is -0.464. The molecule has 8 heteroatoms. The number of hydrogen-bond donors (Lipinski definition) is 1. The second kappa shape index (κ2) is 9.14. The Morgan fingerprint density at radius 3 is 2.65 bits per heavy atom. The maximum absolute atomic E-state index is 13.6. The van der Waals surface area contributed by atoms with E-state index in [0.29, 0.717) is 37.9 Å². The molecule has 0 spiro atoms. The third-order valence-electron chi connectivity index (χ3n) is 4.26. The predicted octanol–water partition coefficient (Wildman–Crippen LogP) is 2.17. The van der Waals surface area contributed by atoms with Gasteiger partial charge in [-0.25, -0.2) is 17.1 Å². The predicted molar refractivity (Wildman–Crippen MR) is 98.8 cm³/mol. The Labute approximate surface area is 154 Å². The van der Waals surface area contributed by atoms with E-state index in [2.05, 4.69) is 5.32 Å². The van der Waals surface area contributed by atoms with Gasteiger partial charge in [-0.15, -0.1) is 0 Å². The Balaban J connectivity index is 1.85. The van der Waals surface area contributed by atoms with Gasteiger partial charge in [-0.1, -0.05) is 13.0 Å². The van der Waals surface area contributed by atoms with Crippen molar-refractivity contribution in [2.45, 2.75) is 32.2 Å². The second-order valence-electron chi connectivity index (χ2n) is 6.23. The Kier molecular flexibility index (Phi) is 7.16. The van der Waals surface area contributed by atoms with Crippen LogP contribution in [0.4, 0.5) is 4.39 Å². The molecule has 0 aromatic heterocycles. The van der Waals surface area contributed by atoms with Crippen LogP contribution in [0.25, 0.3) is 6.08 Å². The Morgan fingerprint density at radius 1 is 1.38 bits per heavy atom. The number of halogens is 1. The topological polar surface area (TPSA) is 75.7 Å². The van der Waals surface area contributed by atoms with E-state index in [9.17, 15) is 17.6 Å². The van der Waals surface area contributed by atoms with Gasteiger partial charge in [0.1, 0.15) is 0 Å². The highest BCUT2D eigenvalue weighted by Gasteiger charge is 2.27. The van der Waals surface area contributed by atoms with Gasteiger partial charge < -0.3 is 10.1 Å². The summed E-state index contributed by atoms with van der Waals surface area (Å²) < 4.78 is 44.0. The number of benzene rings is 1. The Morgan fingerprint density at radius 2 is 2.08 bits per heavy atom. The van der Waals surface area contributed by atoms with Crippen molar-refractivity contribution in [1.82, 2.24) is 9.62 Å². The first-order chi connectivity index (χ1) is 12.4. The number of hydrogen-bond acceptors (Lipinski definition) is 4. The molecule has 0 bridgehead atoms. The molecule has 6 nitrogen and oxygen atoms in total. The summed E-state index contributed by atoms with van der Waals surface area (Å²) in [7, 11) is -1.79. The molecule has 1 aromatic carbocycles. The first-order valence-electron chi connectivity index (χ1n) is 8.65. The minimum absolute atomic E-state index is 0.0622. The van der Waals surface area contributed by atoms with Crippen molar-refractivity contribution in [1.29, 1.82) is 0 Å². The molecule has 1 aliphatic heterocycles. The van der Waals surface area contributed by atoms with Gasteiger partial charge >= 0.3 is 0 Å². The molecule has 1 saturated heterocycles. The lowest BCUT2D eigenvalue weighted by Crippen LogP contribution is -2.46. The first-order valence-corrected chi connectivity index (χ1v) is 10.3. The molecule has 0 aliphatic carbocycles. The van der Waals surface area contributed by atoms with E-state index in [4.69, 9.17) is 4.74 Å². The second-order valence-corrected chi connectivity index (χ2v) is 8.31. The van der Waals surface area contributed by atoms with E-state index in [1.165, 1.54) is 35.7 Å². The molecule has 1 heterocycles. The fourth-order valence-corrected chi connectivity index (χ4v) is 4.41. The van der Waals surface area contributed by atoms with Gasteiger partial charge in [-0.05, 0) is 43.0 Å². The highest BCUT2D eigenvalue weighted by Crippen LogP contribution is 2.18. The van der Waals surface area contributed by atoms with Crippen molar-refractivity contribution in [3.63, 3.8) is 0 Å². The van der Waals surface area contributed by atoms with Crippen LogP contribution < -0.4 is 10.1 Å². The summed E-state index contributed by atoms with van der Waals surface area (Å²) in [6.07, 6.45) is 4.63. The lowest BCUT2D eigenvalue weighted by Gasteiger charge is -2.31. The number of ether oxygens (including phenoxy) is 1. The van der Waals surface area contributed by atoms with Crippen molar-refractivity contribution in [3.8, 4) is 5.75 Å². The molecule has 0 radical (unpaired) electrons. The fourth-order valence-electron chi connectivity index (χ4n) is 2.87. The summed E-state index contributed by atoms with van der Waals surface area (Å²) in [5, 5.41) is 2.86. The van der Waals surface area contributed by atoms with Gasteiger partial charge in [0.15, 0.2) is 11.6 Å². The molecule has 0 atom stereocenters. The number of methoxy groups -OCH3 is 1. The zero-order valence-corrected chi connectivity index (χ0v) is 15.9. The number of rotatable bonds is 7. The van der Waals surface area contributed by atoms with E-state index < -0.39 is 15.8 Å². The highest BCUT2D eigenvalue weighted by molar-refractivity contribution is 7.89. The van der Waals surface area contributed by atoms with E-state index in [1.807, 2.05) is 6.92 Å². The molecular formula is C18H25FN2O4S. The quantitative estimate of drug-likeness (QED) is 0.731. The van der Waals surface area contributed by atoms with Gasteiger partial charge in [0.2, 0.25) is 15.9 Å². The first kappa shape index (κ1) is 20.4. The molecule has 0 saturated carbocycles. The monoisotopic (exact) mass is 384 g/mol. The normalized spacial score (nSPS) is 16.7. The van der Waals surface area contributed by atoms with Crippen molar-refractivity contribution in [3.05, 3.63) is 35.7 Å². The maximum atomic E-state index is 13.6. The summed E-state index contributed by atoms with van der Waals surface area (Å²) in [6, 6.07) is 4.38. The minimum atomic E-state index is -3.18. The zero-order chi connectivity index (χ0) is 19.2. The third kappa shape index (κ3) is 5.54. The van der Waals surface area contributed by atoms with Crippen LogP contribution in [0.3, 0.4) is 0 Å². The summed E-state index contributed by atoms with van der Waals surface area (Å²) in [4.78, 5) is 12.0. The summed E-state index contributed by atoms with van der Waals surface area (Å²) in [5.41, 5.74) is 0.555. The highest BCUT2D eigenvalue weighted by atomic mass is 32.2. The lowest BCUT2D eigenvalue weighted by molar-refractivity contribution is -0.117. The minimum Gasteiger partial charge on any atom is -0.494 e. The third-order valence-corrected chi connectivity index (χ3v) is 6.33. The van der Waals surface area contributed by atoms with Crippen molar-refractivity contribution in [2.75, 3.05) is 26.0 Å². The average Bonchev–Trinajstić information content (AvgIpc) is 2.60. The largest absolute Gasteiger partial charge is 0.494 e. The van der Waals surface area contributed by atoms with Crippen LogP contribution in [0.2, 0.25) is 0 Å². The molecule has 26 heavy (non-hydrogen) atoms. The van der Waals surface area contributed by atoms with E-state index >= 15 is 0 Å². The van der Waals surface area contributed by atoms with Gasteiger partial charge in [-0.2, -0.15) is 0 Å². The SMILES string of the molecule is CCCS(=O)(=O)N1CCC(NC(=O)C=Cc2ccc(OC)c(F)c2)CC1. The van der Waals surface area contributed by atoms with E-state index in [-0.39, 0.29) is 23.5 Å². The van der Waals surface area contributed by atoms with Gasteiger partial charge in [0.25, 0.3) is 0 Å². The molecule has 1 aliphatic rings. The Hall–Kier alpha value is -1.93. The maximum Gasteiger partial charge on any atom is 0.244 e. The standard InChI is InChI=1S/C18H25FN2O4S/c1-3-12-26(23,24)21-10-8-15(9-11-21)20-18(22)7-5-14-4-6-17(25-2)16(19)13-14/h4-7,13,15H,3,8-12H2,1-2H3,(H,20,22). The number of nitrogens with zero attached hydrogens (tertiary/aromatic N) is 1. The Bertz CT molecular complexity index is 756. The smallest absolute Gasteiger partial charge is 0.244 e. The van der Waals surface area contributed by atoms with E-state index in [0.717, 1.165) is 0 Å². The molecule has 1 N–H and O–H groups in total. The molecule has 1 amide bonds. The number of carbonyl (C=O) groups is 1. The van der Waals surface area contributed by atoms with Crippen molar-refractivity contribution >= 4 is 22.0 Å². The van der Waals surface area contributed by atoms with Crippen LogP contribution in [0.5, 0.6) is 5.75 Å². The number of piperidine rings is 1. The molecule has 1 aromatic rings. The molecular weight excluding hydrogens is 359 g/mol. The van der Waals surface area contributed by atoms with Crippen LogP contribution >= 0.6 is 0 Å². The van der Waals surface area contributed by atoms with Crippen LogP contribution in [0.15, 0.2) is 24.3 Å². The average molecular weight is 384 g/mol. The van der Waals surface area contributed by atoms with Crippen LogP contribution in [-0.2, 0) is 14.8 Å². The lowest BCUT2D eigenvalue weighted by atomic mass is 10.1. The van der Waals surface area contributed by atoms with Gasteiger partial charge in [0.05, 0.1) is 12.9 Å². The number of amides is 1. The van der Waals surface area contributed by atoms with Crippen LogP contribution in [0.1, 0.15) is 31.7 Å². The van der Waals surface area contributed by atoms with Gasteiger partial charge in [-0.3, -0.25) is 4.79 Å². The fraction of sp³-hybridized carbons (Fsp3) is 0.500. The number of nitrogens with one attached hydrogen (secondary N) is 1. The van der Waals surface area contributed by atoms with Crippen molar-refractivity contribution < 1.29 is 22.3 Å². The summed E-state index contributed by atoms with van der Waals surface area (Å²) >= 11 is 0. The van der Waals surface area contributed by atoms with Crippen LogP contribution in [0, 0.1) is 5.82 Å². The number of carbonyl (C=O) groups excluding carboxylic acids is 1. The molecule has 144 valence electrons. The molecule has 1 fully saturated rings. The van der Waals surface area contributed by atoms with Crippen molar-refractivity contribution in [2.24, 2.45) is 0 Å². The van der Waals surface area contributed by atoms with Gasteiger partial charge in [0, 0.05) is 25.2 Å².